The molecule has 0 aliphatic carbocycles. The Morgan fingerprint density at radius 1 is 0.917 bits per heavy atom. The molecule has 0 saturated carbocycles. The summed E-state index contributed by atoms with van der Waals surface area (Å²) in [4.78, 5) is 4.43. The Hall–Kier alpha value is -0.0800. The van der Waals surface area contributed by atoms with Crippen molar-refractivity contribution < 1.29 is 0 Å². The first-order chi connectivity index (χ1) is 5.70. The predicted octanol–water partition coefficient (Wildman–Crippen LogP) is 1.36. The van der Waals surface area contributed by atoms with Gasteiger partial charge in [0.1, 0.15) is 0 Å². The molecule has 2 fully saturated rings. The van der Waals surface area contributed by atoms with Crippen LogP contribution in [0.3, 0.4) is 0 Å². The van der Waals surface area contributed by atoms with Crippen LogP contribution in [-0.2, 0) is 0 Å². The first-order valence-corrected chi connectivity index (χ1v) is 4.81. The summed E-state index contributed by atoms with van der Waals surface area (Å²) < 4.78 is 0. The average molecular weight is 166 g/mol. The average Bonchev–Trinajstić information content (AvgIpc) is 2.32. The second-order valence-electron chi connectivity index (χ2n) is 4.46. The summed E-state index contributed by atoms with van der Waals surface area (Å²) in [5.74, 6) is 0. The van der Waals surface area contributed by atoms with Crippen molar-refractivity contribution in [1.29, 1.82) is 0 Å². The van der Waals surface area contributed by atoms with Gasteiger partial charge < -0.3 is 9.80 Å². The van der Waals surface area contributed by atoms with Gasteiger partial charge in [-0.25, -0.2) is 0 Å². The Labute approximate surface area is 75.5 Å². The van der Waals surface area contributed by atoms with E-state index in [-0.39, 0.29) is 0 Å². The molecule has 0 radical (unpaired) electrons. The fourth-order valence-corrected chi connectivity index (χ4v) is 2.67. The molecule has 12 heavy (non-hydrogen) atoms. The number of rotatable bonds is 0. The van der Waals surface area contributed by atoms with Gasteiger partial charge in [0.15, 0.2) is 0 Å². The van der Waals surface area contributed by atoms with E-state index in [9.17, 15) is 0 Å². The van der Waals surface area contributed by atoms with Crippen LogP contribution < -0.4 is 0 Å². The van der Waals surface area contributed by atoms with Gasteiger partial charge in [0, 0.05) is 0 Å². The molecule has 2 saturated heterocycles. The van der Waals surface area contributed by atoms with E-state index < -0.39 is 0 Å². The van der Waals surface area contributed by atoms with Gasteiger partial charge in [-0.15, -0.1) is 0 Å². The Kier molecular flexibility index (Phi) is 2.13. The van der Waals surface area contributed by atoms with Gasteiger partial charge in [-0.2, -0.15) is 0 Å². The topological polar surface area (TPSA) is 6.48 Å². The molecule has 1 spiro atoms. The fraction of sp³-hybridized carbons (Fsp3) is 0.800. The molecule has 2 aliphatic rings. The number of piperidine rings is 1. The molecule has 2 heterocycles. The minimum atomic E-state index is 0.543. The van der Waals surface area contributed by atoms with E-state index in [1.54, 1.807) is 0 Å². The third-order valence-corrected chi connectivity index (χ3v) is 3.26. The standard InChI is InChI=1S/C10H18N2/c1-11-6-3-4-10(8-11)5-7-12(2)9-10/h1-9H2/q-2. The lowest BCUT2D eigenvalue weighted by Crippen LogP contribution is -2.41. The summed E-state index contributed by atoms with van der Waals surface area (Å²) in [6.45, 7) is 4.71. The van der Waals surface area contributed by atoms with Crippen molar-refractivity contribution in [1.82, 2.24) is 9.80 Å². The molecule has 2 heteroatoms. The maximum absolute atomic E-state index is 4.04. The first-order valence-electron chi connectivity index (χ1n) is 4.81. The van der Waals surface area contributed by atoms with Crippen molar-refractivity contribution in [2.75, 3.05) is 26.2 Å². The quantitative estimate of drug-likeness (QED) is 0.501. The van der Waals surface area contributed by atoms with Gasteiger partial charge in [0.2, 0.25) is 0 Å². The van der Waals surface area contributed by atoms with Gasteiger partial charge in [0.05, 0.1) is 0 Å². The maximum Gasteiger partial charge on any atom is -0.00790 e. The first kappa shape index (κ1) is 8.52. The minimum Gasteiger partial charge on any atom is -0.459 e. The molecule has 2 aliphatic heterocycles. The molecule has 1 atom stereocenters. The third kappa shape index (κ3) is 1.50. The van der Waals surface area contributed by atoms with Crippen LogP contribution in [-0.4, -0.2) is 36.0 Å². The van der Waals surface area contributed by atoms with Crippen molar-refractivity contribution >= 4 is 0 Å². The van der Waals surface area contributed by atoms with Crippen LogP contribution in [0.4, 0.5) is 0 Å². The highest BCUT2D eigenvalue weighted by atomic mass is 15.2. The van der Waals surface area contributed by atoms with Crippen molar-refractivity contribution in [3.63, 3.8) is 0 Å². The molecule has 2 nitrogen and oxygen atoms in total. The predicted molar refractivity (Wildman–Crippen MR) is 50.1 cm³/mol. The van der Waals surface area contributed by atoms with E-state index >= 15 is 0 Å². The van der Waals surface area contributed by atoms with Crippen LogP contribution in [0.25, 0.3) is 0 Å². The summed E-state index contributed by atoms with van der Waals surface area (Å²) in [5.41, 5.74) is 0.543. The largest absolute Gasteiger partial charge is 0.459 e. The highest BCUT2D eigenvalue weighted by Gasteiger charge is 2.35. The van der Waals surface area contributed by atoms with E-state index in [0.717, 1.165) is 0 Å². The second kappa shape index (κ2) is 3.00. The van der Waals surface area contributed by atoms with Crippen LogP contribution in [0.5, 0.6) is 0 Å². The number of likely N-dealkylation sites (tertiary alicyclic amines) is 2. The lowest BCUT2D eigenvalue weighted by molar-refractivity contribution is 0.131. The molecule has 0 N–H and O–H groups in total. The van der Waals surface area contributed by atoms with Gasteiger partial charge >= 0.3 is 0 Å². The maximum atomic E-state index is 4.04. The van der Waals surface area contributed by atoms with E-state index in [2.05, 4.69) is 23.9 Å². The molecule has 1 unspecified atom stereocenters. The van der Waals surface area contributed by atoms with Crippen molar-refractivity contribution in [3.05, 3.63) is 14.1 Å². The van der Waals surface area contributed by atoms with Gasteiger partial charge in [-0.05, 0) is 50.9 Å². The zero-order valence-corrected chi connectivity index (χ0v) is 7.76. The summed E-state index contributed by atoms with van der Waals surface area (Å²) in [5, 5.41) is 0. The lowest BCUT2D eigenvalue weighted by Gasteiger charge is -2.43. The highest BCUT2D eigenvalue weighted by Crippen LogP contribution is 2.38. The number of hydrogen-bond acceptors (Lipinski definition) is 2. The zero-order chi connectivity index (χ0) is 8.60. The van der Waals surface area contributed by atoms with Crippen molar-refractivity contribution in [3.8, 4) is 0 Å². The van der Waals surface area contributed by atoms with E-state index in [1.165, 1.54) is 45.4 Å². The highest BCUT2D eigenvalue weighted by molar-refractivity contribution is 4.94. The molecule has 0 bridgehead atoms. The van der Waals surface area contributed by atoms with E-state index in [0.29, 0.717) is 5.41 Å². The molecule has 0 aromatic rings. The molecular formula is C10H18N2-2. The Morgan fingerprint density at radius 2 is 1.58 bits per heavy atom. The summed E-state index contributed by atoms with van der Waals surface area (Å²) in [7, 11) is 8.04. The Bertz CT molecular complexity index is 165. The smallest absolute Gasteiger partial charge is 0.00790 e. The van der Waals surface area contributed by atoms with Crippen LogP contribution in [0.15, 0.2) is 0 Å². The second-order valence-corrected chi connectivity index (χ2v) is 4.46. The Balaban J connectivity index is 2.00. The molecule has 2 rings (SSSR count). The molecule has 70 valence electrons. The summed E-state index contributed by atoms with van der Waals surface area (Å²) >= 11 is 0. The van der Waals surface area contributed by atoms with Gasteiger partial charge in [-0.1, -0.05) is 0 Å². The SMILES string of the molecule is [CH2-]N1CCCC2(CCN([CH2-])C2)C1. The van der Waals surface area contributed by atoms with Crippen LogP contribution in [0.1, 0.15) is 19.3 Å². The Morgan fingerprint density at radius 3 is 2.08 bits per heavy atom. The third-order valence-electron chi connectivity index (χ3n) is 3.26. The van der Waals surface area contributed by atoms with Gasteiger partial charge in [0.25, 0.3) is 0 Å². The van der Waals surface area contributed by atoms with Crippen LogP contribution in [0, 0.1) is 19.5 Å². The number of nitrogens with zero attached hydrogens (tertiary/aromatic N) is 2. The lowest BCUT2D eigenvalue weighted by atomic mass is 9.79. The fourth-order valence-electron chi connectivity index (χ4n) is 2.67. The normalized spacial score (nSPS) is 39.5. The molecular weight excluding hydrogens is 148 g/mol. The summed E-state index contributed by atoms with van der Waals surface area (Å²) in [6, 6.07) is 0. The molecule has 0 amide bonds. The monoisotopic (exact) mass is 166 g/mol. The zero-order valence-electron chi connectivity index (χ0n) is 7.76. The van der Waals surface area contributed by atoms with Crippen LogP contribution in [0.2, 0.25) is 0 Å². The molecule has 0 aromatic heterocycles. The van der Waals surface area contributed by atoms with Crippen molar-refractivity contribution in [2.24, 2.45) is 5.41 Å². The van der Waals surface area contributed by atoms with E-state index in [1.807, 2.05) is 0 Å². The molecule has 0 aromatic carbocycles. The number of hydrogen-bond donors (Lipinski definition) is 0. The van der Waals surface area contributed by atoms with E-state index in [4.69, 9.17) is 0 Å². The van der Waals surface area contributed by atoms with Gasteiger partial charge in [-0.3, -0.25) is 14.1 Å². The van der Waals surface area contributed by atoms with Crippen LogP contribution >= 0.6 is 0 Å². The minimum absolute atomic E-state index is 0.543. The van der Waals surface area contributed by atoms with Crippen molar-refractivity contribution in [2.45, 2.75) is 19.3 Å². The summed E-state index contributed by atoms with van der Waals surface area (Å²) in [6.07, 6.45) is 4.02.